The molecule has 1 N–H and O–H groups in total. The molecule has 0 bridgehead atoms. The Labute approximate surface area is 146 Å². The number of carbonyl (C=O) groups excluding carboxylic acids is 1. The summed E-state index contributed by atoms with van der Waals surface area (Å²) in [7, 11) is 0. The molecule has 2 aliphatic heterocycles. The Morgan fingerprint density at radius 2 is 1.88 bits per heavy atom. The number of carbonyl (C=O) groups is 2. The molecule has 1 aliphatic carbocycles. The maximum Gasteiger partial charge on any atom is 0.358 e. The van der Waals surface area contributed by atoms with Crippen LogP contribution in [0.4, 0.5) is 4.79 Å². The molecule has 3 atom stereocenters. The Bertz CT molecular complexity index is 658. The van der Waals surface area contributed by atoms with Crippen LogP contribution in [0.5, 0.6) is 0 Å². The molecule has 2 amide bonds. The topological polar surface area (TPSA) is 91.6 Å². The van der Waals surface area contributed by atoms with Crippen molar-refractivity contribution in [3.8, 4) is 0 Å². The number of rotatable bonds is 2. The van der Waals surface area contributed by atoms with Gasteiger partial charge < -0.3 is 14.9 Å². The largest absolute Gasteiger partial charge is 0.476 e. The lowest BCUT2D eigenvalue weighted by atomic mass is 9.78. The summed E-state index contributed by atoms with van der Waals surface area (Å²) in [6, 6.07) is 0.577. The van der Waals surface area contributed by atoms with E-state index < -0.39 is 5.97 Å². The minimum atomic E-state index is -1.08. The van der Waals surface area contributed by atoms with Gasteiger partial charge in [-0.15, -0.1) is 5.10 Å². The first-order valence-corrected chi connectivity index (χ1v) is 9.34. The summed E-state index contributed by atoms with van der Waals surface area (Å²) in [5, 5.41) is 16.6. The lowest BCUT2D eigenvalue weighted by molar-refractivity contribution is 0.0673. The van der Waals surface area contributed by atoms with E-state index in [1.165, 1.54) is 31.9 Å². The minimum Gasteiger partial charge on any atom is -0.476 e. The van der Waals surface area contributed by atoms with E-state index in [-0.39, 0.29) is 17.8 Å². The summed E-state index contributed by atoms with van der Waals surface area (Å²) >= 11 is 0. The van der Waals surface area contributed by atoms with Crippen molar-refractivity contribution in [1.82, 2.24) is 24.8 Å². The van der Waals surface area contributed by atoms with Crippen LogP contribution in [-0.2, 0) is 0 Å². The average Bonchev–Trinajstić information content (AvgIpc) is 3.30. The van der Waals surface area contributed by atoms with Crippen LogP contribution >= 0.6 is 0 Å². The summed E-state index contributed by atoms with van der Waals surface area (Å²) < 4.78 is 1.59. The summed E-state index contributed by atoms with van der Waals surface area (Å²) in [5.74, 6) is -0.396. The fourth-order valence-corrected chi connectivity index (χ4v) is 4.73. The highest BCUT2D eigenvalue weighted by Crippen LogP contribution is 2.36. The molecular weight excluding hydrogens is 322 g/mol. The molecule has 3 aliphatic rings. The molecule has 25 heavy (non-hydrogen) atoms. The second kappa shape index (κ2) is 6.65. The van der Waals surface area contributed by atoms with Crippen LogP contribution in [0.25, 0.3) is 0 Å². The fraction of sp³-hybridized carbons (Fsp3) is 0.765. The van der Waals surface area contributed by atoms with E-state index in [4.69, 9.17) is 5.11 Å². The molecule has 8 nitrogen and oxygen atoms in total. The maximum atomic E-state index is 13.1. The second-order valence-corrected chi connectivity index (χ2v) is 7.51. The molecule has 0 spiro atoms. The molecular formula is C17H25N5O3. The monoisotopic (exact) mass is 347 g/mol. The van der Waals surface area contributed by atoms with Crippen LogP contribution in [0.1, 0.15) is 61.5 Å². The maximum absolute atomic E-state index is 13.1. The number of hydrogen-bond acceptors (Lipinski definition) is 4. The van der Waals surface area contributed by atoms with E-state index in [0.29, 0.717) is 25.0 Å². The molecule has 1 unspecified atom stereocenters. The van der Waals surface area contributed by atoms with Crippen LogP contribution in [0.2, 0.25) is 0 Å². The van der Waals surface area contributed by atoms with Crippen molar-refractivity contribution in [2.24, 2.45) is 5.92 Å². The number of nitrogens with zero attached hydrogens (tertiary/aromatic N) is 5. The van der Waals surface area contributed by atoms with Crippen LogP contribution in [0.3, 0.4) is 0 Å². The molecule has 0 aromatic carbocycles. The molecule has 1 saturated carbocycles. The van der Waals surface area contributed by atoms with E-state index in [9.17, 15) is 9.59 Å². The van der Waals surface area contributed by atoms with Crippen molar-refractivity contribution >= 4 is 12.0 Å². The number of piperidine rings is 1. The first-order chi connectivity index (χ1) is 12.1. The predicted molar refractivity (Wildman–Crippen MR) is 89.3 cm³/mol. The highest BCUT2D eigenvalue weighted by molar-refractivity contribution is 5.84. The number of fused-ring (bicyclic) bond motifs is 1. The Morgan fingerprint density at radius 3 is 2.68 bits per heavy atom. The Hall–Kier alpha value is -2.12. The van der Waals surface area contributed by atoms with Crippen molar-refractivity contribution in [2.45, 2.75) is 57.0 Å². The standard InChI is InChI=1S/C17H25N5O3/c23-16(24)14-11-22(19-18-14)13-7-9-20(10-13)17(25)21-8-3-5-12-4-1-2-6-15(12)21/h11-13,15H,1-10H2,(H,23,24)/t12-,13?,15-/m0/s1. The van der Waals surface area contributed by atoms with Gasteiger partial charge in [-0.1, -0.05) is 18.1 Å². The summed E-state index contributed by atoms with van der Waals surface area (Å²) in [6.45, 7) is 2.14. The molecule has 0 radical (unpaired) electrons. The smallest absolute Gasteiger partial charge is 0.358 e. The molecule has 3 fully saturated rings. The molecule has 1 aromatic heterocycles. The number of aromatic nitrogens is 3. The van der Waals surface area contributed by atoms with E-state index in [2.05, 4.69) is 15.2 Å². The first kappa shape index (κ1) is 16.4. The zero-order valence-electron chi connectivity index (χ0n) is 14.4. The van der Waals surface area contributed by atoms with Crippen molar-refractivity contribution in [3.05, 3.63) is 11.9 Å². The number of carboxylic acids is 1. The van der Waals surface area contributed by atoms with Gasteiger partial charge in [0.25, 0.3) is 0 Å². The zero-order valence-corrected chi connectivity index (χ0v) is 14.4. The molecule has 136 valence electrons. The van der Waals surface area contributed by atoms with Gasteiger partial charge in [0.05, 0.1) is 12.2 Å². The van der Waals surface area contributed by atoms with E-state index in [1.54, 1.807) is 4.68 Å². The number of amides is 2. The summed E-state index contributed by atoms with van der Waals surface area (Å²) in [4.78, 5) is 28.0. The van der Waals surface area contributed by atoms with E-state index in [1.807, 2.05) is 4.90 Å². The molecule has 1 aromatic rings. The lowest BCUT2D eigenvalue weighted by Crippen LogP contribution is -2.53. The number of likely N-dealkylation sites (tertiary alicyclic amines) is 2. The molecule has 2 saturated heterocycles. The van der Waals surface area contributed by atoms with Gasteiger partial charge in [0.2, 0.25) is 0 Å². The Kier molecular flexibility index (Phi) is 4.35. The highest BCUT2D eigenvalue weighted by atomic mass is 16.4. The quantitative estimate of drug-likeness (QED) is 0.883. The third-order valence-corrected chi connectivity index (χ3v) is 6.03. The molecule has 8 heteroatoms. The lowest BCUT2D eigenvalue weighted by Gasteiger charge is -2.45. The van der Waals surface area contributed by atoms with Crippen LogP contribution in [0.15, 0.2) is 6.20 Å². The molecule has 3 heterocycles. The SMILES string of the molecule is O=C(O)c1cn(C2CCN(C(=O)N3CCC[C@@H]4CCCC[C@@H]43)C2)nn1. The minimum absolute atomic E-state index is 0.0106. The predicted octanol–water partition coefficient (Wildman–Crippen LogP) is 2.00. The summed E-state index contributed by atoms with van der Waals surface area (Å²) in [6.07, 6.45) is 9.53. The second-order valence-electron chi connectivity index (χ2n) is 7.51. The van der Waals surface area contributed by atoms with Gasteiger partial charge in [0.1, 0.15) is 0 Å². The van der Waals surface area contributed by atoms with Crippen LogP contribution in [0, 0.1) is 5.92 Å². The normalized spacial score (nSPS) is 29.5. The fourth-order valence-electron chi connectivity index (χ4n) is 4.73. The van der Waals surface area contributed by atoms with Crippen LogP contribution in [-0.4, -0.2) is 67.6 Å². The van der Waals surface area contributed by atoms with E-state index >= 15 is 0 Å². The highest BCUT2D eigenvalue weighted by Gasteiger charge is 2.39. The third kappa shape index (κ3) is 3.09. The van der Waals surface area contributed by atoms with Crippen molar-refractivity contribution in [2.75, 3.05) is 19.6 Å². The number of aromatic carboxylic acids is 1. The van der Waals surface area contributed by atoms with Gasteiger partial charge in [-0.05, 0) is 38.0 Å². The molecule has 4 rings (SSSR count). The van der Waals surface area contributed by atoms with Crippen molar-refractivity contribution < 1.29 is 14.7 Å². The van der Waals surface area contributed by atoms with Crippen molar-refractivity contribution in [3.63, 3.8) is 0 Å². The number of carboxylic acid groups (broad SMARTS) is 1. The number of hydrogen-bond donors (Lipinski definition) is 1. The number of urea groups is 1. The Morgan fingerprint density at radius 1 is 1.08 bits per heavy atom. The van der Waals surface area contributed by atoms with E-state index in [0.717, 1.165) is 25.8 Å². The Balaban J connectivity index is 1.42. The average molecular weight is 347 g/mol. The van der Waals surface area contributed by atoms with Crippen LogP contribution < -0.4 is 0 Å². The zero-order chi connectivity index (χ0) is 17.4. The van der Waals surface area contributed by atoms with Gasteiger partial charge >= 0.3 is 12.0 Å². The van der Waals surface area contributed by atoms with Crippen molar-refractivity contribution in [1.29, 1.82) is 0 Å². The summed E-state index contributed by atoms with van der Waals surface area (Å²) in [5.41, 5.74) is -0.0501. The third-order valence-electron chi connectivity index (χ3n) is 6.03. The van der Waals surface area contributed by atoms with Gasteiger partial charge in [-0.25, -0.2) is 14.3 Å². The van der Waals surface area contributed by atoms with Gasteiger partial charge in [0, 0.05) is 25.7 Å². The first-order valence-electron chi connectivity index (χ1n) is 9.34. The van der Waals surface area contributed by atoms with Gasteiger partial charge in [-0.3, -0.25) is 0 Å². The van der Waals surface area contributed by atoms with Gasteiger partial charge in [0.15, 0.2) is 5.69 Å². The van der Waals surface area contributed by atoms with Gasteiger partial charge in [-0.2, -0.15) is 0 Å².